The van der Waals surface area contributed by atoms with Crippen LogP contribution in [0.4, 0.5) is 0 Å². The predicted molar refractivity (Wildman–Crippen MR) is 71.8 cm³/mol. The molecule has 2 nitrogen and oxygen atoms in total. The van der Waals surface area contributed by atoms with Gasteiger partial charge in [-0.3, -0.25) is 0 Å². The van der Waals surface area contributed by atoms with E-state index in [1.807, 2.05) is 0 Å². The summed E-state index contributed by atoms with van der Waals surface area (Å²) in [6, 6.07) is 1.48. The van der Waals surface area contributed by atoms with Gasteiger partial charge in [-0.1, -0.05) is 26.7 Å². The minimum absolute atomic E-state index is 0.713. The van der Waals surface area contributed by atoms with Gasteiger partial charge in [0.2, 0.25) is 0 Å². The van der Waals surface area contributed by atoms with Gasteiger partial charge in [0, 0.05) is 18.6 Å². The fourth-order valence-electron chi connectivity index (χ4n) is 2.52. The molecule has 2 heteroatoms. The molecule has 0 saturated carbocycles. The van der Waals surface area contributed by atoms with Crippen LogP contribution in [0.2, 0.25) is 0 Å². The van der Waals surface area contributed by atoms with Crippen LogP contribution in [0.1, 0.15) is 52.9 Å². The average molecular weight is 226 g/mol. The maximum atomic E-state index is 3.65. The van der Waals surface area contributed by atoms with Crippen LogP contribution in [-0.2, 0) is 0 Å². The molecule has 3 atom stereocenters. The highest BCUT2D eigenvalue weighted by atomic mass is 15.1. The quantitative estimate of drug-likeness (QED) is 0.749. The fraction of sp³-hybridized carbons (Fsp3) is 1.00. The number of rotatable bonds is 6. The third kappa shape index (κ3) is 4.84. The van der Waals surface area contributed by atoms with Gasteiger partial charge < -0.3 is 10.2 Å². The molecule has 0 spiro atoms. The van der Waals surface area contributed by atoms with E-state index in [9.17, 15) is 0 Å². The van der Waals surface area contributed by atoms with E-state index in [4.69, 9.17) is 0 Å². The van der Waals surface area contributed by atoms with E-state index in [0.29, 0.717) is 6.04 Å². The minimum Gasteiger partial charge on any atom is -0.314 e. The summed E-state index contributed by atoms with van der Waals surface area (Å²) in [7, 11) is 2.28. The van der Waals surface area contributed by atoms with Crippen LogP contribution in [0, 0.1) is 5.92 Å². The molecule has 0 aliphatic carbocycles. The maximum Gasteiger partial charge on any atom is 0.00818 e. The highest BCUT2D eigenvalue weighted by Gasteiger charge is 2.18. The molecule has 0 aromatic heterocycles. The molecule has 16 heavy (non-hydrogen) atoms. The lowest BCUT2D eigenvalue weighted by molar-refractivity contribution is 0.191. The first kappa shape index (κ1) is 14.0. The number of piperidine rings is 1. The van der Waals surface area contributed by atoms with Crippen molar-refractivity contribution in [1.29, 1.82) is 0 Å². The summed E-state index contributed by atoms with van der Waals surface area (Å²) >= 11 is 0. The average Bonchev–Trinajstić information content (AvgIpc) is 2.30. The zero-order valence-corrected chi connectivity index (χ0v) is 11.6. The van der Waals surface area contributed by atoms with E-state index in [0.717, 1.165) is 12.0 Å². The van der Waals surface area contributed by atoms with E-state index in [2.05, 4.69) is 38.0 Å². The van der Waals surface area contributed by atoms with E-state index in [-0.39, 0.29) is 0 Å². The molecule has 1 saturated heterocycles. The monoisotopic (exact) mass is 226 g/mol. The second kappa shape index (κ2) is 7.29. The van der Waals surface area contributed by atoms with Crippen molar-refractivity contribution < 1.29 is 0 Å². The van der Waals surface area contributed by atoms with E-state index in [1.54, 1.807) is 0 Å². The van der Waals surface area contributed by atoms with Crippen LogP contribution in [0.3, 0.4) is 0 Å². The second-order valence-corrected chi connectivity index (χ2v) is 5.68. The van der Waals surface area contributed by atoms with Gasteiger partial charge in [0.05, 0.1) is 0 Å². The van der Waals surface area contributed by atoms with Gasteiger partial charge in [0.1, 0.15) is 0 Å². The van der Waals surface area contributed by atoms with Crippen LogP contribution >= 0.6 is 0 Å². The smallest absolute Gasteiger partial charge is 0.00818 e. The Morgan fingerprint density at radius 3 is 2.62 bits per heavy atom. The molecule has 1 aliphatic rings. The number of nitrogens with one attached hydrogen (secondary N) is 1. The molecule has 3 unspecified atom stereocenters. The van der Waals surface area contributed by atoms with Gasteiger partial charge in [-0.15, -0.1) is 0 Å². The van der Waals surface area contributed by atoms with Gasteiger partial charge in [-0.2, -0.15) is 0 Å². The van der Waals surface area contributed by atoms with Crippen LogP contribution < -0.4 is 5.32 Å². The summed E-state index contributed by atoms with van der Waals surface area (Å²) in [5.74, 6) is 0.826. The minimum atomic E-state index is 0.713. The van der Waals surface area contributed by atoms with E-state index < -0.39 is 0 Å². The third-order valence-electron chi connectivity index (χ3n) is 4.09. The first-order valence-corrected chi connectivity index (χ1v) is 7.07. The largest absolute Gasteiger partial charge is 0.314 e. The second-order valence-electron chi connectivity index (χ2n) is 5.68. The zero-order chi connectivity index (χ0) is 12.0. The van der Waals surface area contributed by atoms with E-state index >= 15 is 0 Å². The third-order valence-corrected chi connectivity index (χ3v) is 4.09. The molecule has 0 amide bonds. The molecular weight excluding hydrogens is 196 g/mol. The highest BCUT2D eigenvalue weighted by molar-refractivity contribution is 4.78. The van der Waals surface area contributed by atoms with Gasteiger partial charge in [-0.05, 0) is 45.7 Å². The Morgan fingerprint density at radius 1 is 1.31 bits per heavy atom. The van der Waals surface area contributed by atoms with Crippen molar-refractivity contribution >= 4 is 0 Å². The lowest BCUT2D eigenvalue weighted by Gasteiger charge is -2.32. The molecule has 1 fully saturated rings. The summed E-state index contributed by atoms with van der Waals surface area (Å²) in [5.41, 5.74) is 0. The van der Waals surface area contributed by atoms with E-state index in [1.165, 1.54) is 45.2 Å². The van der Waals surface area contributed by atoms with Crippen LogP contribution in [-0.4, -0.2) is 37.1 Å². The molecule has 1 heterocycles. The lowest BCUT2D eigenvalue weighted by atomic mass is 9.97. The Hall–Kier alpha value is -0.0800. The molecule has 0 bridgehead atoms. The molecule has 0 aromatic rings. The lowest BCUT2D eigenvalue weighted by Crippen LogP contribution is -2.41. The Bertz CT molecular complexity index is 176. The van der Waals surface area contributed by atoms with Crippen molar-refractivity contribution in [2.24, 2.45) is 5.92 Å². The number of nitrogens with zero attached hydrogens (tertiary/aromatic N) is 1. The predicted octanol–water partition coefficient (Wildman–Crippen LogP) is 2.89. The Morgan fingerprint density at radius 2 is 2.06 bits per heavy atom. The maximum absolute atomic E-state index is 3.65. The molecule has 0 radical (unpaired) electrons. The summed E-state index contributed by atoms with van der Waals surface area (Å²) in [4.78, 5) is 2.53. The van der Waals surface area contributed by atoms with Crippen molar-refractivity contribution in [3.05, 3.63) is 0 Å². The SMILES string of the molecule is CCC(C)CN(C)C(C)CC1CCCCN1. The molecule has 96 valence electrons. The first-order valence-electron chi connectivity index (χ1n) is 7.07. The number of hydrogen-bond donors (Lipinski definition) is 1. The van der Waals surface area contributed by atoms with Crippen molar-refractivity contribution in [1.82, 2.24) is 10.2 Å². The molecule has 1 rings (SSSR count). The topological polar surface area (TPSA) is 15.3 Å². The van der Waals surface area contributed by atoms with Crippen molar-refractivity contribution in [3.63, 3.8) is 0 Å². The Kier molecular flexibility index (Phi) is 6.37. The summed E-state index contributed by atoms with van der Waals surface area (Å²) < 4.78 is 0. The zero-order valence-electron chi connectivity index (χ0n) is 11.6. The number of hydrogen-bond acceptors (Lipinski definition) is 2. The van der Waals surface area contributed by atoms with Crippen molar-refractivity contribution in [3.8, 4) is 0 Å². The van der Waals surface area contributed by atoms with Crippen LogP contribution in [0.5, 0.6) is 0 Å². The molecule has 1 aliphatic heterocycles. The molecule has 1 N–H and O–H groups in total. The Labute approximate surface area is 102 Å². The van der Waals surface area contributed by atoms with Crippen LogP contribution in [0.25, 0.3) is 0 Å². The van der Waals surface area contributed by atoms with Crippen molar-refractivity contribution in [2.75, 3.05) is 20.1 Å². The fourth-order valence-corrected chi connectivity index (χ4v) is 2.52. The Balaban J connectivity index is 2.24. The van der Waals surface area contributed by atoms with Crippen molar-refractivity contribution in [2.45, 2.75) is 65.0 Å². The summed E-state index contributed by atoms with van der Waals surface area (Å²) in [6.07, 6.45) is 6.76. The van der Waals surface area contributed by atoms with Crippen LogP contribution in [0.15, 0.2) is 0 Å². The van der Waals surface area contributed by atoms with Gasteiger partial charge >= 0.3 is 0 Å². The standard InChI is InChI=1S/C14H30N2/c1-5-12(2)11-16(4)13(3)10-14-8-6-7-9-15-14/h12-15H,5-11H2,1-4H3. The first-order chi connectivity index (χ1) is 7.63. The summed E-state index contributed by atoms with van der Waals surface area (Å²) in [6.45, 7) is 9.48. The molecule has 0 aromatic carbocycles. The van der Waals surface area contributed by atoms with Gasteiger partial charge in [-0.25, -0.2) is 0 Å². The molecular formula is C14H30N2. The van der Waals surface area contributed by atoms with Gasteiger partial charge in [0.25, 0.3) is 0 Å². The normalized spacial score (nSPS) is 25.7. The highest BCUT2D eigenvalue weighted by Crippen LogP contribution is 2.15. The van der Waals surface area contributed by atoms with Gasteiger partial charge in [0.15, 0.2) is 0 Å². The summed E-state index contributed by atoms with van der Waals surface area (Å²) in [5, 5.41) is 3.65.